The topological polar surface area (TPSA) is 47.3 Å². The van der Waals surface area contributed by atoms with Crippen LogP contribution in [0.25, 0.3) is 0 Å². The van der Waals surface area contributed by atoms with Crippen molar-refractivity contribution in [1.29, 1.82) is 0 Å². The zero-order chi connectivity index (χ0) is 12.3. The molecule has 1 N–H and O–H groups in total. The molecule has 0 aliphatic heterocycles. The first-order valence-electron chi connectivity index (χ1n) is 6.38. The Labute approximate surface area is 103 Å². The van der Waals surface area contributed by atoms with Crippen LogP contribution in [-0.2, 0) is 11.3 Å². The molecule has 0 amide bonds. The lowest BCUT2D eigenvalue weighted by atomic mass is 9.92. The van der Waals surface area contributed by atoms with Gasteiger partial charge in [-0.15, -0.1) is 0 Å². The summed E-state index contributed by atoms with van der Waals surface area (Å²) in [6, 6.07) is 0.558. The van der Waals surface area contributed by atoms with Crippen molar-refractivity contribution in [3.63, 3.8) is 0 Å². The standard InChI is InChI=1S/C13H22N2O2/c1-9-13(10(2)17-15-9)8-14-11-5-4-6-12(7-11)16-3/h11-12,14H,4-8H2,1-3H3/t11-,12-/m0/s1. The minimum atomic E-state index is 0.422. The molecule has 0 spiro atoms. The molecule has 4 heteroatoms. The summed E-state index contributed by atoms with van der Waals surface area (Å²) in [7, 11) is 1.81. The van der Waals surface area contributed by atoms with Crippen LogP contribution < -0.4 is 5.32 Å². The maximum absolute atomic E-state index is 5.43. The Hall–Kier alpha value is -0.870. The van der Waals surface area contributed by atoms with Crippen LogP contribution in [0.1, 0.15) is 42.7 Å². The third kappa shape index (κ3) is 3.07. The Morgan fingerprint density at radius 3 is 2.88 bits per heavy atom. The fraction of sp³-hybridized carbons (Fsp3) is 0.769. The number of hydrogen-bond donors (Lipinski definition) is 1. The fourth-order valence-corrected chi connectivity index (χ4v) is 2.55. The van der Waals surface area contributed by atoms with Crippen LogP contribution in [0, 0.1) is 13.8 Å². The molecule has 17 heavy (non-hydrogen) atoms. The molecular weight excluding hydrogens is 216 g/mol. The largest absolute Gasteiger partial charge is 0.381 e. The summed E-state index contributed by atoms with van der Waals surface area (Å²) in [6.45, 7) is 4.81. The Morgan fingerprint density at radius 2 is 2.24 bits per heavy atom. The average molecular weight is 238 g/mol. The van der Waals surface area contributed by atoms with E-state index in [0.29, 0.717) is 12.1 Å². The van der Waals surface area contributed by atoms with Gasteiger partial charge >= 0.3 is 0 Å². The second-order valence-electron chi connectivity index (χ2n) is 4.90. The monoisotopic (exact) mass is 238 g/mol. The normalized spacial score (nSPS) is 25.1. The lowest BCUT2D eigenvalue weighted by Crippen LogP contribution is -2.36. The van der Waals surface area contributed by atoms with Gasteiger partial charge in [-0.3, -0.25) is 0 Å². The maximum Gasteiger partial charge on any atom is 0.138 e. The molecule has 1 fully saturated rings. The van der Waals surface area contributed by atoms with E-state index in [2.05, 4.69) is 10.5 Å². The molecule has 4 nitrogen and oxygen atoms in total. The number of nitrogens with one attached hydrogen (secondary N) is 1. The number of methoxy groups -OCH3 is 1. The minimum Gasteiger partial charge on any atom is -0.381 e. The molecule has 1 aromatic heterocycles. The van der Waals surface area contributed by atoms with Gasteiger partial charge < -0.3 is 14.6 Å². The summed E-state index contributed by atoms with van der Waals surface area (Å²) >= 11 is 0. The van der Waals surface area contributed by atoms with Crippen LogP contribution in [0.5, 0.6) is 0 Å². The van der Waals surface area contributed by atoms with Crippen molar-refractivity contribution >= 4 is 0 Å². The van der Waals surface area contributed by atoms with Crippen molar-refractivity contribution in [1.82, 2.24) is 10.5 Å². The summed E-state index contributed by atoms with van der Waals surface area (Å²) in [5.74, 6) is 0.925. The van der Waals surface area contributed by atoms with Crippen LogP contribution in [-0.4, -0.2) is 24.4 Å². The smallest absolute Gasteiger partial charge is 0.138 e. The summed E-state index contributed by atoms with van der Waals surface area (Å²) in [4.78, 5) is 0. The van der Waals surface area contributed by atoms with E-state index in [1.165, 1.54) is 24.8 Å². The lowest BCUT2D eigenvalue weighted by Gasteiger charge is -2.28. The molecule has 1 saturated carbocycles. The molecule has 1 aliphatic rings. The van der Waals surface area contributed by atoms with Gasteiger partial charge in [0.25, 0.3) is 0 Å². The third-order valence-corrected chi connectivity index (χ3v) is 3.71. The van der Waals surface area contributed by atoms with Crippen LogP contribution in [0.3, 0.4) is 0 Å². The van der Waals surface area contributed by atoms with Gasteiger partial charge in [0.15, 0.2) is 0 Å². The summed E-state index contributed by atoms with van der Waals surface area (Å²) in [5, 5.41) is 7.56. The van der Waals surface area contributed by atoms with E-state index < -0.39 is 0 Å². The zero-order valence-electron chi connectivity index (χ0n) is 11.0. The Bertz CT molecular complexity index is 343. The summed E-state index contributed by atoms with van der Waals surface area (Å²) < 4.78 is 10.6. The number of hydrogen-bond acceptors (Lipinski definition) is 4. The first kappa shape index (κ1) is 12.6. The molecule has 2 rings (SSSR count). The highest BCUT2D eigenvalue weighted by Crippen LogP contribution is 2.21. The molecule has 2 atom stereocenters. The predicted octanol–water partition coefficient (Wildman–Crippen LogP) is 2.34. The van der Waals surface area contributed by atoms with Crippen molar-refractivity contribution in [3.05, 3.63) is 17.0 Å². The number of rotatable bonds is 4. The second kappa shape index (κ2) is 5.65. The van der Waals surface area contributed by atoms with Gasteiger partial charge in [-0.05, 0) is 39.5 Å². The predicted molar refractivity (Wildman–Crippen MR) is 65.9 cm³/mol. The van der Waals surface area contributed by atoms with Crippen LogP contribution in [0.2, 0.25) is 0 Å². The molecule has 0 bridgehead atoms. The third-order valence-electron chi connectivity index (χ3n) is 3.71. The number of ether oxygens (including phenoxy) is 1. The molecule has 96 valence electrons. The van der Waals surface area contributed by atoms with E-state index in [4.69, 9.17) is 9.26 Å². The van der Waals surface area contributed by atoms with Crippen molar-refractivity contribution in [3.8, 4) is 0 Å². The first-order chi connectivity index (χ1) is 8.20. The van der Waals surface area contributed by atoms with Crippen molar-refractivity contribution in [2.24, 2.45) is 0 Å². The highest BCUT2D eigenvalue weighted by molar-refractivity contribution is 5.20. The number of aryl methyl sites for hydroxylation is 2. The highest BCUT2D eigenvalue weighted by atomic mass is 16.5. The van der Waals surface area contributed by atoms with Gasteiger partial charge in [0.05, 0.1) is 11.8 Å². The molecule has 0 unspecified atom stereocenters. The van der Waals surface area contributed by atoms with Gasteiger partial charge in [-0.1, -0.05) is 5.16 Å². The Balaban J connectivity index is 1.86. The molecule has 1 aliphatic carbocycles. The van der Waals surface area contributed by atoms with Gasteiger partial charge in [0, 0.05) is 25.3 Å². The average Bonchev–Trinajstić information content (AvgIpc) is 2.67. The molecular formula is C13H22N2O2. The second-order valence-corrected chi connectivity index (χ2v) is 4.90. The SMILES string of the molecule is CO[C@H]1CCC[C@H](NCc2c(C)noc2C)C1. The van der Waals surface area contributed by atoms with E-state index in [1.54, 1.807) is 7.11 Å². The van der Waals surface area contributed by atoms with E-state index in [9.17, 15) is 0 Å². The van der Waals surface area contributed by atoms with Crippen molar-refractivity contribution in [2.75, 3.05) is 7.11 Å². The van der Waals surface area contributed by atoms with Crippen LogP contribution >= 0.6 is 0 Å². The zero-order valence-corrected chi connectivity index (χ0v) is 11.0. The van der Waals surface area contributed by atoms with E-state index in [0.717, 1.165) is 24.4 Å². The Kier molecular flexibility index (Phi) is 4.18. The summed E-state index contributed by atoms with van der Waals surface area (Å²) in [6.07, 6.45) is 5.21. The molecule has 0 radical (unpaired) electrons. The van der Waals surface area contributed by atoms with Crippen LogP contribution in [0.4, 0.5) is 0 Å². The van der Waals surface area contributed by atoms with Gasteiger partial charge in [0.1, 0.15) is 5.76 Å². The quantitative estimate of drug-likeness (QED) is 0.874. The fourth-order valence-electron chi connectivity index (χ4n) is 2.55. The van der Waals surface area contributed by atoms with E-state index in [-0.39, 0.29) is 0 Å². The molecule has 0 saturated heterocycles. The van der Waals surface area contributed by atoms with Gasteiger partial charge in [0.2, 0.25) is 0 Å². The molecule has 0 aromatic carbocycles. The molecule has 1 aromatic rings. The number of nitrogens with zero attached hydrogens (tertiary/aromatic N) is 1. The Morgan fingerprint density at radius 1 is 1.41 bits per heavy atom. The molecule has 1 heterocycles. The first-order valence-corrected chi connectivity index (χ1v) is 6.38. The van der Waals surface area contributed by atoms with Gasteiger partial charge in [-0.25, -0.2) is 0 Å². The minimum absolute atomic E-state index is 0.422. The highest BCUT2D eigenvalue weighted by Gasteiger charge is 2.21. The maximum atomic E-state index is 5.43. The lowest BCUT2D eigenvalue weighted by molar-refractivity contribution is 0.0586. The van der Waals surface area contributed by atoms with E-state index in [1.807, 2.05) is 13.8 Å². The van der Waals surface area contributed by atoms with Crippen molar-refractivity contribution < 1.29 is 9.26 Å². The van der Waals surface area contributed by atoms with Crippen molar-refractivity contribution in [2.45, 2.75) is 58.2 Å². The van der Waals surface area contributed by atoms with Crippen LogP contribution in [0.15, 0.2) is 4.52 Å². The summed E-state index contributed by atoms with van der Waals surface area (Å²) in [5.41, 5.74) is 2.19. The van der Waals surface area contributed by atoms with Gasteiger partial charge in [-0.2, -0.15) is 0 Å². The number of aromatic nitrogens is 1. The van der Waals surface area contributed by atoms with E-state index >= 15 is 0 Å².